The summed E-state index contributed by atoms with van der Waals surface area (Å²) in [4.78, 5) is 0.769. The quantitative estimate of drug-likeness (QED) is 0.511. The molecule has 3 rings (SSSR count). The molecule has 4 nitrogen and oxygen atoms in total. The number of thioether (sulfide) groups is 1. The van der Waals surface area contributed by atoms with Crippen LogP contribution in [0.15, 0.2) is 59.5 Å². The molecule has 0 bridgehead atoms. The zero-order chi connectivity index (χ0) is 19.4. The second-order valence-electron chi connectivity index (χ2n) is 5.77. The predicted molar refractivity (Wildman–Crippen MR) is 109 cm³/mol. The average molecular weight is 371 g/mol. The molecule has 3 aromatic rings. The van der Waals surface area contributed by atoms with Gasteiger partial charge < -0.3 is 10.5 Å². The summed E-state index contributed by atoms with van der Waals surface area (Å²) >= 11 is 1.45. The van der Waals surface area contributed by atoms with Gasteiger partial charge in [-0.25, -0.2) is 0 Å². The number of hydrogen-bond acceptors (Lipinski definition) is 5. The van der Waals surface area contributed by atoms with Crippen molar-refractivity contribution >= 4 is 17.4 Å². The highest BCUT2D eigenvalue weighted by Gasteiger charge is 2.24. The number of nitrogens with two attached hydrogens (primary N) is 1. The Morgan fingerprint density at radius 1 is 0.852 bits per heavy atom. The molecular formula is C22H17N3OS. The lowest BCUT2D eigenvalue weighted by molar-refractivity contribution is 0.415. The first-order chi connectivity index (χ1) is 13.2. The third kappa shape index (κ3) is 3.21. The molecule has 0 unspecified atom stereocenters. The number of rotatable bonds is 4. The number of benzene rings is 3. The van der Waals surface area contributed by atoms with Crippen LogP contribution in [0.3, 0.4) is 0 Å². The van der Waals surface area contributed by atoms with Crippen molar-refractivity contribution in [3.05, 3.63) is 65.7 Å². The summed E-state index contributed by atoms with van der Waals surface area (Å²) in [6.07, 6.45) is 1.91. The van der Waals surface area contributed by atoms with Gasteiger partial charge in [-0.15, -0.1) is 11.8 Å². The molecule has 27 heavy (non-hydrogen) atoms. The van der Waals surface area contributed by atoms with Crippen molar-refractivity contribution in [3.63, 3.8) is 0 Å². The number of nitriles is 2. The van der Waals surface area contributed by atoms with Crippen molar-refractivity contribution < 1.29 is 4.74 Å². The van der Waals surface area contributed by atoms with Gasteiger partial charge in [-0.2, -0.15) is 10.5 Å². The summed E-state index contributed by atoms with van der Waals surface area (Å²) in [5.41, 5.74) is 10.5. The van der Waals surface area contributed by atoms with Gasteiger partial charge in [0.25, 0.3) is 0 Å². The zero-order valence-electron chi connectivity index (χ0n) is 15.0. The van der Waals surface area contributed by atoms with E-state index in [1.165, 1.54) is 11.8 Å². The van der Waals surface area contributed by atoms with Crippen LogP contribution in [0.1, 0.15) is 11.1 Å². The maximum Gasteiger partial charge on any atom is 0.118 e. The van der Waals surface area contributed by atoms with Crippen LogP contribution in [0.5, 0.6) is 5.75 Å². The molecule has 0 fully saturated rings. The fourth-order valence-corrected chi connectivity index (χ4v) is 3.89. The van der Waals surface area contributed by atoms with Crippen molar-refractivity contribution in [2.24, 2.45) is 0 Å². The van der Waals surface area contributed by atoms with Crippen molar-refractivity contribution in [2.45, 2.75) is 4.90 Å². The van der Waals surface area contributed by atoms with Gasteiger partial charge in [0.15, 0.2) is 0 Å². The summed E-state index contributed by atoms with van der Waals surface area (Å²) in [7, 11) is 1.61. The summed E-state index contributed by atoms with van der Waals surface area (Å²) in [5.74, 6) is 0.727. The van der Waals surface area contributed by atoms with Crippen molar-refractivity contribution in [1.29, 1.82) is 10.5 Å². The number of ether oxygens (including phenoxy) is 1. The van der Waals surface area contributed by atoms with Crippen LogP contribution in [0.25, 0.3) is 22.3 Å². The van der Waals surface area contributed by atoms with E-state index in [0.717, 1.165) is 32.9 Å². The number of methoxy groups -OCH3 is 1. The van der Waals surface area contributed by atoms with Gasteiger partial charge in [0.2, 0.25) is 0 Å². The monoisotopic (exact) mass is 371 g/mol. The fraction of sp³-hybridized carbons (Fsp3) is 0.0909. The molecule has 5 heteroatoms. The highest BCUT2D eigenvalue weighted by atomic mass is 32.2. The van der Waals surface area contributed by atoms with Gasteiger partial charge >= 0.3 is 0 Å². The standard InChI is InChI=1S/C22H17N3OS/c1-26-16-10-8-15(9-11-16)19-17(12-23)21(25)18(13-24)22(27-2)20(19)14-6-4-3-5-7-14/h3-11H,25H2,1-2H3. The first kappa shape index (κ1) is 18.4. The number of anilines is 1. The van der Waals surface area contributed by atoms with Crippen molar-refractivity contribution in [1.82, 2.24) is 0 Å². The van der Waals surface area contributed by atoms with Crippen molar-refractivity contribution in [3.8, 4) is 40.1 Å². The van der Waals surface area contributed by atoms with Crippen LogP contribution in [-0.2, 0) is 0 Å². The van der Waals surface area contributed by atoms with E-state index in [1.807, 2.05) is 60.9 Å². The van der Waals surface area contributed by atoms with Gasteiger partial charge in [-0.3, -0.25) is 0 Å². The lowest BCUT2D eigenvalue weighted by Crippen LogP contribution is -2.03. The predicted octanol–water partition coefficient (Wildman–Crippen LogP) is 5.08. The summed E-state index contributed by atoms with van der Waals surface area (Å²) < 4.78 is 5.24. The Labute approximate surface area is 162 Å². The van der Waals surface area contributed by atoms with E-state index in [2.05, 4.69) is 12.1 Å². The Morgan fingerprint density at radius 3 is 1.96 bits per heavy atom. The summed E-state index contributed by atoms with van der Waals surface area (Å²) in [5, 5.41) is 19.5. The molecule has 0 saturated carbocycles. The molecule has 0 aliphatic carbocycles. The van der Waals surface area contributed by atoms with Gasteiger partial charge in [-0.1, -0.05) is 42.5 Å². The van der Waals surface area contributed by atoms with E-state index in [4.69, 9.17) is 10.5 Å². The highest BCUT2D eigenvalue weighted by molar-refractivity contribution is 7.98. The Hall–Kier alpha value is -3.41. The number of nitrogens with zero attached hydrogens (tertiary/aromatic N) is 2. The molecular weight excluding hydrogens is 354 g/mol. The van der Waals surface area contributed by atoms with E-state index >= 15 is 0 Å². The lowest BCUT2D eigenvalue weighted by Gasteiger charge is -2.20. The first-order valence-electron chi connectivity index (χ1n) is 8.19. The van der Waals surface area contributed by atoms with E-state index in [0.29, 0.717) is 11.1 Å². The summed E-state index contributed by atoms with van der Waals surface area (Å²) in [6, 6.07) is 21.6. The SMILES string of the molecule is COc1ccc(-c2c(C#N)c(N)c(C#N)c(SC)c2-c2ccccc2)cc1. The van der Waals surface area contributed by atoms with Gasteiger partial charge in [-0.05, 0) is 29.5 Å². The van der Waals surface area contributed by atoms with E-state index < -0.39 is 0 Å². The second-order valence-corrected chi connectivity index (χ2v) is 6.58. The van der Waals surface area contributed by atoms with Crippen LogP contribution >= 0.6 is 11.8 Å². The maximum absolute atomic E-state index is 9.85. The molecule has 0 aliphatic rings. The van der Waals surface area contributed by atoms with Crippen LogP contribution in [0, 0.1) is 22.7 Å². The molecule has 2 N–H and O–H groups in total. The molecule has 0 atom stereocenters. The first-order valence-corrected chi connectivity index (χ1v) is 9.42. The van der Waals surface area contributed by atoms with Crippen LogP contribution < -0.4 is 10.5 Å². The molecule has 0 amide bonds. The molecule has 0 radical (unpaired) electrons. The molecule has 0 saturated heterocycles. The van der Waals surface area contributed by atoms with Gasteiger partial charge in [0, 0.05) is 16.0 Å². The number of nitrogen functional groups attached to an aromatic ring is 1. The zero-order valence-corrected chi connectivity index (χ0v) is 15.8. The average Bonchev–Trinajstić information content (AvgIpc) is 2.73. The Bertz CT molecular complexity index is 1060. The Balaban J connectivity index is 2.48. The van der Waals surface area contributed by atoms with E-state index in [-0.39, 0.29) is 5.69 Å². The lowest BCUT2D eigenvalue weighted by atomic mass is 9.87. The second kappa shape index (κ2) is 7.86. The summed E-state index contributed by atoms with van der Waals surface area (Å²) in [6.45, 7) is 0. The van der Waals surface area contributed by atoms with E-state index in [9.17, 15) is 10.5 Å². The highest BCUT2D eigenvalue weighted by Crippen LogP contribution is 2.46. The maximum atomic E-state index is 9.85. The van der Waals surface area contributed by atoms with Crippen LogP contribution in [0.2, 0.25) is 0 Å². The molecule has 0 spiro atoms. The van der Waals surface area contributed by atoms with E-state index in [1.54, 1.807) is 7.11 Å². The normalized spacial score (nSPS) is 10.1. The molecule has 132 valence electrons. The van der Waals surface area contributed by atoms with Gasteiger partial charge in [0.1, 0.15) is 17.9 Å². The minimum Gasteiger partial charge on any atom is -0.497 e. The minimum absolute atomic E-state index is 0.217. The molecule has 0 aliphatic heterocycles. The van der Waals surface area contributed by atoms with Crippen molar-refractivity contribution in [2.75, 3.05) is 19.1 Å². The Kier molecular flexibility index (Phi) is 5.35. The molecule has 3 aromatic carbocycles. The van der Waals surface area contributed by atoms with Crippen LogP contribution in [0.4, 0.5) is 5.69 Å². The topological polar surface area (TPSA) is 82.8 Å². The Morgan fingerprint density at radius 2 is 1.44 bits per heavy atom. The fourth-order valence-electron chi connectivity index (χ4n) is 3.10. The third-order valence-electron chi connectivity index (χ3n) is 4.36. The third-order valence-corrected chi connectivity index (χ3v) is 5.18. The van der Waals surface area contributed by atoms with Gasteiger partial charge in [0.05, 0.1) is 23.9 Å². The van der Waals surface area contributed by atoms with Crippen LogP contribution in [-0.4, -0.2) is 13.4 Å². The molecule has 0 heterocycles. The smallest absolute Gasteiger partial charge is 0.118 e. The minimum atomic E-state index is 0.217. The largest absolute Gasteiger partial charge is 0.497 e. The molecule has 0 aromatic heterocycles. The number of hydrogen-bond donors (Lipinski definition) is 1.